The summed E-state index contributed by atoms with van der Waals surface area (Å²) >= 11 is 0. The van der Waals surface area contributed by atoms with Gasteiger partial charge in [0.05, 0.1) is 11.6 Å². The number of nitrogens with two attached hydrogens (primary N) is 1. The fraction of sp³-hybridized carbons (Fsp3) is 0.462. The summed E-state index contributed by atoms with van der Waals surface area (Å²) in [6.07, 6.45) is 0.830. The van der Waals surface area contributed by atoms with E-state index in [9.17, 15) is 8.78 Å². The second-order valence-corrected chi connectivity index (χ2v) is 4.75. The van der Waals surface area contributed by atoms with E-state index in [1.54, 1.807) is 11.0 Å². The minimum absolute atomic E-state index is 0.00306. The number of nitrogens with zero attached hydrogens (tertiary/aromatic N) is 2. The SMILES string of the molecule is CC(N)C1CCN(c2c(F)cc(C#N)cc2F)C1. The van der Waals surface area contributed by atoms with Crippen LogP contribution in [0.25, 0.3) is 0 Å². The molecule has 0 spiro atoms. The Morgan fingerprint density at radius 1 is 1.44 bits per heavy atom. The van der Waals surface area contributed by atoms with Gasteiger partial charge >= 0.3 is 0 Å². The Morgan fingerprint density at radius 3 is 2.50 bits per heavy atom. The molecule has 0 radical (unpaired) electrons. The van der Waals surface area contributed by atoms with Crippen LogP contribution in [0.2, 0.25) is 0 Å². The first-order chi connectivity index (χ1) is 8.52. The molecule has 2 N–H and O–H groups in total. The Morgan fingerprint density at radius 2 is 2.06 bits per heavy atom. The molecule has 1 saturated heterocycles. The fourth-order valence-electron chi connectivity index (χ4n) is 2.35. The summed E-state index contributed by atoms with van der Waals surface area (Å²) in [6.45, 7) is 3.04. The number of benzene rings is 1. The summed E-state index contributed by atoms with van der Waals surface area (Å²) in [5, 5.41) is 8.64. The average Bonchev–Trinajstić information content (AvgIpc) is 2.77. The molecule has 2 rings (SSSR count). The van der Waals surface area contributed by atoms with Crippen LogP contribution < -0.4 is 10.6 Å². The molecule has 2 unspecified atom stereocenters. The van der Waals surface area contributed by atoms with Crippen molar-refractivity contribution in [3.05, 3.63) is 29.3 Å². The van der Waals surface area contributed by atoms with Crippen LogP contribution >= 0.6 is 0 Å². The summed E-state index contributed by atoms with van der Waals surface area (Å²) in [6, 6.07) is 3.88. The molecule has 1 aliphatic heterocycles. The number of hydrogen-bond acceptors (Lipinski definition) is 3. The molecule has 1 aromatic rings. The highest BCUT2D eigenvalue weighted by atomic mass is 19.1. The van der Waals surface area contributed by atoms with Crippen LogP contribution in [-0.2, 0) is 0 Å². The molecule has 0 aliphatic carbocycles. The Hall–Kier alpha value is -1.67. The highest BCUT2D eigenvalue weighted by Crippen LogP contribution is 2.30. The normalized spacial score (nSPS) is 20.8. The van der Waals surface area contributed by atoms with Crippen molar-refractivity contribution in [1.82, 2.24) is 0 Å². The molecule has 18 heavy (non-hydrogen) atoms. The van der Waals surface area contributed by atoms with Gasteiger partial charge in [-0.25, -0.2) is 8.78 Å². The lowest BCUT2D eigenvalue weighted by Gasteiger charge is -2.21. The molecule has 5 heteroatoms. The Labute approximate surface area is 105 Å². The van der Waals surface area contributed by atoms with Crippen molar-refractivity contribution < 1.29 is 8.78 Å². The van der Waals surface area contributed by atoms with Gasteiger partial charge in [-0.2, -0.15) is 5.26 Å². The van der Waals surface area contributed by atoms with Crippen LogP contribution in [0, 0.1) is 28.9 Å². The monoisotopic (exact) mass is 251 g/mol. The zero-order valence-electron chi connectivity index (χ0n) is 10.2. The lowest BCUT2D eigenvalue weighted by molar-refractivity contribution is 0.486. The van der Waals surface area contributed by atoms with Gasteiger partial charge in [0, 0.05) is 19.1 Å². The van der Waals surface area contributed by atoms with E-state index in [2.05, 4.69) is 0 Å². The summed E-state index contributed by atoms with van der Waals surface area (Å²) in [4.78, 5) is 1.67. The molecule has 3 nitrogen and oxygen atoms in total. The van der Waals surface area contributed by atoms with Gasteiger partial charge in [0.25, 0.3) is 0 Å². The largest absolute Gasteiger partial charge is 0.366 e. The second-order valence-electron chi connectivity index (χ2n) is 4.75. The number of nitriles is 1. The predicted octanol–water partition coefficient (Wildman–Crippen LogP) is 2.01. The predicted molar refractivity (Wildman–Crippen MR) is 65.0 cm³/mol. The van der Waals surface area contributed by atoms with Crippen molar-refractivity contribution in [1.29, 1.82) is 5.26 Å². The van der Waals surface area contributed by atoms with E-state index in [-0.39, 0.29) is 23.2 Å². The van der Waals surface area contributed by atoms with Crippen molar-refractivity contribution in [2.24, 2.45) is 11.7 Å². The van der Waals surface area contributed by atoms with E-state index in [0.29, 0.717) is 13.1 Å². The van der Waals surface area contributed by atoms with E-state index in [0.717, 1.165) is 18.6 Å². The maximum Gasteiger partial charge on any atom is 0.150 e. The van der Waals surface area contributed by atoms with Crippen LogP contribution in [0.3, 0.4) is 0 Å². The Balaban J connectivity index is 2.28. The second kappa shape index (κ2) is 4.91. The van der Waals surface area contributed by atoms with Crippen LogP contribution in [0.4, 0.5) is 14.5 Å². The molecule has 0 amide bonds. The van der Waals surface area contributed by atoms with Crippen LogP contribution in [-0.4, -0.2) is 19.1 Å². The van der Waals surface area contributed by atoms with Gasteiger partial charge in [0.2, 0.25) is 0 Å². The van der Waals surface area contributed by atoms with E-state index in [1.807, 2.05) is 6.92 Å². The molecule has 1 aliphatic rings. The van der Waals surface area contributed by atoms with Gasteiger partial charge in [-0.3, -0.25) is 0 Å². The molecule has 0 bridgehead atoms. The lowest BCUT2D eigenvalue weighted by atomic mass is 10.0. The minimum atomic E-state index is -0.683. The van der Waals surface area contributed by atoms with E-state index in [4.69, 9.17) is 11.0 Å². The van der Waals surface area contributed by atoms with Gasteiger partial charge in [-0.05, 0) is 31.4 Å². The zero-order valence-corrected chi connectivity index (χ0v) is 10.2. The molecule has 0 aromatic heterocycles. The third-order valence-electron chi connectivity index (χ3n) is 3.43. The summed E-state index contributed by atoms with van der Waals surface area (Å²) < 4.78 is 27.6. The number of anilines is 1. The van der Waals surface area contributed by atoms with Gasteiger partial charge < -0.3 is 10.6 Å². The maximum absolute atomic E-state index is 13.8. The Kier molecular flexibility index (Phi) is 3.48. The van der Waals surface area contributed by atoms with Gasteiger partial charge in [-0.15, -0.1) is 0 Å². The quantitative estimate of drug-likeness (QED) is 0.874. The molecule has 1 heterocycles. The molecular formula is C13H15F2N3. The Bertz CT molecular complexity index is 470. The lowest BCUT2D eigenvalue weighted by Crippen LogP contribution is -2.30. The van der Waals surface area contributed by atoms with E-state index < -0.39 is 11.6 Å². The fourth-order valence-corrected chi connectivity index (χ4v) is 2.35. The van der Waals surface area contributed by atoms with Crippen LogP contribution in [0.5, 0.6) is 0 Å². The van der Waals surface area contributed by atoms with Crippen molar-refractivity contribution in [3.8, 4) is 6.07 Å². The maximum atomic E-state index is 13.8. The molecule has 0 saturated carbocycles. The summed E-state index contributed by atoms with van der Waals surface area (Å²) in [5.74, 6) is -1.12. The zero-order chi connectivity index (χ0) is 13.3. The summed E-state index contributed by atoms with van der Waals surface area (Å²) in [5.41, 5.74) is 5.76. The standard InChI is InChI=1S/C13H15F2N3/c1-8(17)10-2-3-18(7-10)13-11(14)4-9(6-16)5-12(13)15/h4-5,8,10H,2-3,7,17H2,1H3. The van der Waals surface area contributed by atoms with E-state index in [1.165, 1.54) is 0 Å². The number of hydrogen-bond donors (Lipinski definition) is 1. The van der Waals surface area contributed by atoms with Gasteiger partial charge in [0.15, 0.2) is 11.6 Å². The molecule has 2 atom stereocenters. The first kappa shape index (κ1) is 12.8. The van der Waals surface area contributed by atoms with Crippen molar-refractivity contribution in [3.63, 3.8) is 0 Å². The van der Waals surface area contributed by atoms with Crippen molar-refractivity contribution in [2.45, 2.75) is 19.4 Å². The highest BCUT2D eigenvalue weighted by molar-refractivity contribution is 5.53. The van der Waals surface area contributed by atoms with Gasteiger partial charge in [-0.1, -0.05) is 0 Å². The number of halogens is 2. The number of rotatable bonds is 2. The third kappa shape index (κ3) is 2.29. The summed E-state index contributed by atoms with van der Waals surface area (Å²) in [7, 11) is 0. The van der Waals surface area contributed by atoms with Crippen molar-refractivity contribution in [2.75, 3.05) is 18.0 Å². The van der Waals surface area contributed by atoms with Crippen LogP contribution in [0.15, 0.2) is 12.1 Å². The molecular weight excluding hydrogens is 236 g/mol. The average molecular weight is 251 g/mol. The van der Waals surface area contributed by atoms with Crippen molar-refractivity contribution >= 4 is 5.69 Å². The smallest absolute Gasteiger partial charge is 0.150 e. The van der Waals surface area contributed by atoms with Crippen LogP contribution in [0.1, 0.15) is 18.9 Å². The molecule has 1 aromatic carbocycles. The molecule has 96 valence electrons. The topological polar surface area (TPSA) is 53.0 Å². The molecule has 1 fully saturated rings. The first-order valence-corrected chi connectivity index (χ1v) is 5.92. The van der Waals surface area contributed by atoms with E-state index >= 15 is 0 Å². The third-order valence-corrected chi connectivity index (χ3v) is 3.43. The highest BCUT2D eigenvalue weighted by Gasteiger charge is 2.28. The first-order valence-electron chi connectivity index (χ1n) is 5.92. The van der Waals surface area contributed by atoms with Gasteiger partial charge in [0.1, 0.15) is 5.69 Å². The minimum Gasteiger partial charge on any atom is -0.366 e.